The van der Waals surface area contributed by atoms with E-state index in [1.54, 1.807) is 41.3 Å². The van der Waals surface area contributed by atoms with E-state index in [2.05, 4.69) is 5.10 Å². The predicted octanol–water partition coefficient (Wildman–Crippen LogP) is 2.41. The van der Waals surface area contributed by atoms with Crippen molar-refractivity contribution in [3.63, 3.8) is 0 Å². The summed E-state index contributed by atoms with van der Waals surface area (Å²) >= 11 is 0. The number of hydrogen-bond donors (Lipinski definition) is 1. The van der Waals surface area contributed by atoms with E-state index in [0.717, 1.165) is 18.4 Å². The average Bonchev–Trinajstić information content (AvgIpc) is 3.54. The molecule has 1 N–H and O–H groups in total. The topological polar surface area (TPSA) is 75.2 Å². The average molecular weight is 381 g/mol. The Bertz CT molecular complexity index is 1130. The van der Waals surface area contributed by atoms with Gasteiger partial charge in [-0.2, -0.15) is 0 Å². The first-order valence-electron chi connectivity index (χ1n) is 9.29. The Hall–Kier alpha value is -3.22. The standard InChI is InChI=1S/C21H20FN3O3/c22-15-7-5-14(6-8-15)13-24(16-9-10-16)19(26)11-12-25-21(28)18-4-2-1-3-17(18)20(27)23-25/h1-8,16H,9-13H2,(H,23,27). The van der Waals surface area contributed by atoms with E-state index in [9.17, 15) is 18.8 Å². The Morgan fingerprint density at radius 1 is 1.07 bits per heavy atom. The van der Waals surface area contributed by atoms with E-state index in [0.29, 0.717) is 17.3 Å². The number of amides is 1. The molecule has 1 aliphatic carbocycles. The number of rotatable bonds is 6. The van der Waals surface area contributed by atoms with Crippen molar-refractivity contribution in [2.24, 2.45) is 0 Å². The predicted molar refractivity (Wildman–Crippen MR) is 103 cm³/mol. The van der Waals surface area contributed by atoms with Crippen molar-refractivity contribution in [3.05, 3.63) is 80.6 Å². The first-order valence-corrected chi connectivity index (χ1v) is 9.29. The van der Waals surface area contributed by atoms with Gasteiger partial charge in [0.15, 0.2) is 0 Å². The van der Waals surface area contributed by atoms with E-state index < -0.39 is 0 Å². The molecule has 0 atom stereocenters. The van der Waals surface area contributed by atoms with Crippen LogP contribution in [0.2, 0.25) is 0 Å². The Labute approximate surface area is 160 Å². The Morgan fingerprint density at radius 2 is 1.75 bits per heavy atom. The zero-order valence-electron chi connectivity index (χ0n) is 15.2. The van der Waals surface area contributed by atoms with Crippen LogP contribution in [0, 0.1) is 5.82 Å². The van der Waals surface area contributed by atoms with Gasteiger partial charge < -0.3 is 4.90 Å². The van der Waals surface area contributed by atoms with Crippen molar-refractivity contribution in [1.29, 1.82) is 0 Å². The third-order valence-electron chi connectivity index (χ3n) is 5.01. The number of nitrogens with one attached hydrogen (secondary N) is 1. The Morgan fingerprint density at radius 3 is 2.43 bits per heavy atom. The summed E-state index contributed by atoms with van der Waals surface area (Å²) in [5.41, 5.74) is 0.186. The van der Waals surface area contributed by atoms with Crippen LogP contribution in [0.3, 0.4) is 0 Å². The molecule has 3 aromatic rings. The van der Waals surface area contributed by atoms with Crippen LogP contribution in [0.1, 0.15) is 24.8 Å². The molecule has 7 heteroatoms. The van der Waals surface area contributed by atoms with Crippen molar-refractivity contribution >= 4 is 16.7 Å². The molecule has 2 aromatic carbocycles. The van der Waals surface area contributed by atoms with Crippen molar-refractivity contribution < 1.29 is 9.18 Å². The minimum atomic E-state index is -0.354. The van der Waals surface area contributed by atoms with Gasteiger partial charge in [-0.1, -0.05) is 24.3 Å². The van der Waals surface area contributed by atoms with Gasteiger partial charge in [0.2, 0.25) is 5.91 Å². The molecule has 0 aliphatic heterocycles. The first-order chi connectivity index (χ1) is 13.5. The van der Waals surface area contributed by atoms with Crippen LogP contribution in [0.4, 0.5) is 4.39 Å². The summed E-state index contributed by atoms with van der Waals surface area (Å²) < 4.78 is 14.3. The monoisotopic (exact) mass is 381 g/mol. The highest BCUT2D eigenvalue weighted by Crippen LogP contribution is 2.29. The molecule has 0 spiro atoms. The van der Waals surface area contributed by atoms with Crippen LogP contribution in [-0.2, 0) is 17.9 Å². The second kappa shape index (κ2) is 7.42. The minimum absolute atomic E-state index is 0.0901. The molecule has 1 saturated carbocycles. The molecule has 1 amide bonds. The Balaban J connectivity index is 1.50. The summed E-state index contributed by atoms with van der Waals surface area (Å²) in [6.07, 6.45) is 1.99. The molecule has 1 aromatic heterocycles. The summed E-state index contributed by atoms with van der Waals surface area (Å²) in [5, 5.41) is 3.23. The van der Waals surface area contributed by atoms with E-state index in [-0.39, 0.29) is 41.9 Å². The van der Waals surface area contributed by atoms with Crippen LogP contribution in [-0.4, -0.2) is 26.6 Å². The molecule has 1 aliphatic rings. The molecule has 0 unspecified atom stereocenters. The molecule has 28 heavy (non-hydrogen) atoms. The number of halogens is 1. The lowest BCUT2D eigenvalue weighted by Crippen LogP contribution is -2.35. The van der Waals surface area contributed by atoms with Crippen LogP contribution >= 0.6 is 0 Å². The number of benzene rings is 2. The van der Waals surface area contributed by atoms with Gasteiger partial charge in [-0.15, -0.1) is 0 Å². The van der Waals surface area contributed by atoms with Gasteiger partial charge in [0, 0.05) is 19.0 Å². The van der Waals surface area contributed by atoms with Crippen LogP contribution in [0.15, 0.2) is 58.1 Å². The normalized spacial score (nSPS) is 13.6. The van der Waals surface area contributed by atoms with Gasteiger partial charge in [0.25, 0.3) is 11.1 Å². The van der Waals surface area contributed by atoms with Gasteiger partial charge in [-0.25, -0.2) is 9.07 Å². The molecular weight excluding hydrogens is 361 g/mol. The highest BCUT2D eigenvalue weighted by Gasteiger charge is 2.32. The zero-order chi connectivity index (χ0) is 19.7. The van der Waals surface area contributed by atoms with Gasteiger partial charge in [0.05, 0.1) is 17.3 Å². The number of nitrogens with zero attached hydrogens (tertiary/aromatic N) is 2. The fourth-order valence-corrected chi connectivity index (χ4v) is 3.35. The summed E-state index contributed by atoms with van der Waals surface area (Å²) in [6, 6.07) is 12.9. The maximum atomic E-state index is 13.1. The van der Waals surface area contributed by atoms with E-state index in [4.69, 9.17) is 0 Å². The molecule has 4 rings (SSSR count). The number of H-pyrrole nitrogens is 1. The van der Waals surface area contributed by atoms with Crippen molar-refractivity contribution in [2.45, 2.75) is 38.4 Å². The zero-order valence-corrected chi connectivity index (χ0v) is 15.2. The van der Waals surface area contributed by atoms with Crippen LogP contribution in [0.5, 0.6) is 0 Å². The third-order valence-corrected chi connectivity index (χ3v) is 5.01. The number of carbonyl (C=O) groups excluding carboxylic acids is 1. The van der Waals surface area contributed by atoms with E-state index >= 15 is 0 Å². The maximum Gasteiger partial charge on any atom is 0.273 e. The quantitative estimate of drug-likeness (QED) is 0.713. The SMILES string of the molecule is O=C(CCn1[nH]c(=O)c2ccccc2c1=O)N(Cc1ccc(F)cc1)C1CC1. The second-order valence-electron chi connectivity index (χ2n) is 7.07. The number of aryl methyl sites for hydroxylation is 1. The van der Waals surface area contributed by atoms with Gasteiger partial charge in [0.1, 0.15) is 5.82 Å². The van der Waals surface area contributed by atoms with Gasteiger partial charge in [-0.05, 0) is 42.7 Å². The van der Waals surface area contributed by atoms with Crippen molar-refractivity contribution in [2.75, 3.05) is 0 Å². The largest absolute Gasteiger partial charge is 0.335 e. The van der Waals surface area contributed by atoms with Crippen molar-refractivity contribution in [1.82, 2.24) is 14.7 Å². The molecule has 0 saturated heterocycles. The molecule has 6 nitrogen and oxygen atoms in total. The van der Waals surface area contributed by atoms with Crippen LogP contribution in [0.25, 0.3) is 10.8 Å². The number of aromatic amines is 1. The lowest BCUT2D eigenvalue weighted by molar-refractivity contribution is -0.132. The van der Waals surface area contributed by atoms with E-state index in [1.165, 1.54) is 16.8 Å². The molecule has 0 radical (unpaired) electrons. The molecule has 1 heterocycles. The first kappa shape index (κ1) is 18.2. The van der Waals surface area contributed by atoms with Crippen LogP contribution < -0.4 is 11.1 Å². The maximum absolute atomic E-state index is 13.1. The fourth-order valence-electron chi connectivity index (χ4n) is 3.35. The minimum Gasteiger partial charge on any atom is -0.335 e. The van der Waals surface area contributed by atoms with E-state index in [1.807, 2.05) is 0 Å². The lowest BCUT2D eigenvalue weighted by atomic mass is 10.2. The summed E-state index contributed by atoms with van der Waals surface area (Å²) in [7, 11) is 0. The molecular formula is C21H20FN3O3. The summed E-state index contributed by atoms with van der Waals surface area (Å²) in [6.45, 7) is 0.511. The lowest BCUT2D eigenvalue weighted by Gasteiger charge is -2.23. The number of carbonyl (C=O) groups is 1. The second-order valence-corrected chi connectivity index (χ2v) is 7.07. The number of hydrogen-bond acceptors (Lipinski definition) is 3. The highest BCUT2D eigenvalue weighted by molar-refractivity contribution is 5.80. The molecule has 0 bridgehead atoms. The summed E-state index contributed by atoms with van der Waals surface area (Å²) in [5.74, 6) is -0.402. The number of aromatic nitrogens is 2. The Kier molecular flexibility index (Phi) is 4.81. The van der Waals surface area contributed by atoms with Crippen molar-refractivity contribution in [3.8, 4) is 0 Å². The van der Waals surface area contributed by atoms with Gasteiger partial charge in [-0.3, -0.25) is 19.5 Å². The fraction of sp³-hybridized carbons (Fsp3) is 0.286. The smallest absolute Gasteiger partial charge is 0.273 e. The molecule has 144 valence electrons. The highest BCUT2D eigenvalue weighted by atomic mass is 19.1. The van der Waals surface area contributed by atoms with Gasteiger partial charge >= 0.3 is 0 Å². The number of fused-ring (bicyclic) bond motifs is 1. The third kappa shape index (κ3) is 3.74. The molecule has 1 fully saturated rings. The summed E-state index contributed by atoms with van der Waals surface area (Å²) in [4.78, 5) is 39.3.